The van der Waals surface area contributed by atoms with Crippen molar-refractivity contribution in [2.75, 3.05) is 13.1 Å². The lowest BCUT2D eigenvalue weighted by Crippen LogP contribution is -2.35. The lowest BCUT2D eigenvalue weighted by atomic mass is 10.1. The van der Waals surface area contributed by atoms with Gasteiger partial charge in [-0.3, -0.25) is 9.59 Å². The number of rotatable bonds is 4. The summed E-state index contributed by atoms with van der Waals surface area (Å²) in [6, 6.07) is 7.51. The average Bonchev–Trinajstić information content (AvgIpc) is 3.04. The average molecular weight is 392 g/mol. The summed E-state index contributed by atoms with van der Waals surface area (Å²) in [6.07, 6.45) is 3.85. The minimum atomic E-state index is -0.207. The Morgan fingerprint density at radius 1 is 1.21 bits per heavy atom. The highest BCUT2D eigenvalue weighted by molar-refractivity contribution is 5.82. The number of hydrogen-bond donors (Lipinski definition) is 0. The van der Waals surface area contributed by atoms with E-state index in [4.69, 9.17) is 4.52 Å². The maximum absolute atomic E-state index is 12.7. The molecule has 29 heavy (non-hydrogen) atoms. The Morgan fingerprint density at radius 2 is 2.00 bits per heavy atom. The quantitative estimate of drug-likeness (QED) is 0.682. The van der Waals surface area contributed by atoms with Gasteiger partial charge in [-0.05, 0) is 45.4 Å². The van der Waals surface area contributed by atoms with Crippen LogP contribution in [-0.2, 0) is 11.2 Å². The topological polar surface area (TPSA) is 81.2 Å². The molecular weight excluding hydrogens is 368 g/mol. The molecule has 3 heterocycles. The zero-order valence-corrected chi connectivity index (χ0v) is 16.9. The SMILES string of the molecule is Cc1noc(C)c1CCC(=O)N1CC=C(n2c(C)nc(=O)c3ccccc32)CC1. The Balaban J connectivity index is 1.51. The van der Waals surface area contributed by atoms with E-state index in [1.165, 1.54) is 0 Å². The van der Waals surface area contributed by atoms with Crippen LogP contribution in [0.25, 0.3) is 16.6 Å². The summed E-state index contributed by atoms with van der Waals surface area (Å²) >= 11 is 0. The van der Waals surface area contributed by atoms with Gasteiger partial charge in [-0.1, -0.05) is 17.3 Å². The van der Waals surface area contributed by atoms with Crippen LogP contribution in [0.1, 0.15) is 35.7 Å². The Morgan fingerprint density at radius 3 is 2.69 bits per heavy atom. The molecule has 4 rings (SSSR count). The number of aryl methyl sites for hydroxylation is 3. The second-order valence-corrected chi connectivity index (χ2v) is 7.40. The van der Waals surface area contributed by atoms with Crippen LogP contribution in [0.3, 0.4) is 0 Å². The molecule has 2 aromatic heterocycles. The van der Waals surface area contributed by atoms with Gasteiger partial charge < -0.3 is 14.0 Å². The molecule has 0 fully saturated rings. The lowest BCUT2D eigenvalue weighted by molar-refractivity contribution is -0.130. The predicted octanol–water partition coefficient (Wildman–Crippen LogP) is 3.02. The van der Waals surface area contributed by atoms with Crippen LogP contribution in [0, 0.1) is 20.8 Å². The highest BCUT2D eigenvalue weighted by Gasteiger charge is 2.21. The smallest absolute Gasteiger partial charge is 0.280 e. The Bertz CT molecular complexity index is 1150. The highest BCUT2D eigenvalue weighted by Crippen LogP contribution is 2.23. The summed E-state index contributed by atoms with van der Waals surface area (Å²) < 4.78 is 7.21. The van der Waals surface area contributed by atoms with Gasteiger partial charge in [-0.15, -0.1) is 0 Å². The van der Waals surface area contributed by atoms with Crippen LogP contribution in [-0.4, -0.2) is 38.6 Å². The number of carbonyl (C=O) groups is 1. The molecule has 0 atom stereocenters. The van der Waals surface area contributed by atoms with Gasteiger partial charge in [0, 0.05) is 37.2 Å². The van der Waals surface area contributed by atoms with E-state index in [0.717, 1.165) is 28.2 Å². The van der Waals surface area contributed by atoms with Crippen molar-refractivity contribution in [3.05, 3.63) is 63.5 Å². The van der Waals surface area contributed by atoms with Gasteiger partial charge in [-0.25, -0.2) is 0 Å². The summed E-state index contributed by atoms with van der Waals surface area (Å²) in [5.41, 5.74) is 3.59. The van der Waals surface area contributed by atoms with Crippen molar-refractivity contribution in [2.45, 2.75) is 40.0 Å². The number of amides is 1. The molecule has 0 N–H and O–H groups in total. The summed E-state index contributed by atoms with van der Waals surface area (Å²) in [4.78, 5) is 30.9. The van der Waals surface area contributed by atoms with Gasteiger partial charge in [0.05, 0.1) is 16.6 Å². The van der Waals surface area contributed by atoms with Crippen molar-refractivity contribution in [1.82, 2.24) is 19.6 Å². The van der Waals surface area contributed by atoms with Crippen molar-refractivity contribution < 1.29 is 9.32 Å². The molecule has 0 radical (unpaired) electrons. The molecule has 0 unspecified atom stereocenters. The molecule has 1 amide bonds. The second-order valence-electron chi connectivity index (χ2n) is 7.40. The number of benzene rings is 1. The number of aromatic nitrogens is 3. The molecule has 1 aliphatic heterocycles. The van der Waals surface area contributed by atoms with Crippen LogP contribution >= 0.6 is 0 Å². The molecule has 0 spiro atoms. The third-order valence-corrected chi connectivity index (χ3v) is 5.56. The highest BCUT2D eigenvalue weighted by atomic mass is 16.5. The number of hydrogen-bond acceptors (Lipinski definition) is 5. The minimum absolute atomic E-state index is 0.125. The summed E-state index contributed by atoms with van der Waals surface area (Å²) in [5.74, 6) is 1.57. The van der Waals surface area contributed by atoms with Gasteiger partial charge >= 0.3 is 0 Å². The zero-order valence-electron chi connectivity index (χ0n) is 16.9. The molecule has 150 valence electrons. The first-order chi connectivity index (χ1) is 14.0. The van der Waals surface area contributed by atoms with E-state index in [1.54, 1.807) is 6.07 Å². The first-order valence-corrected chi connectivity index (χ1v) is 9.83. The molecule has 1 aromatic carbocycles. The van der Waals surface area contributed by atoms with E-state index in [1.807, 2.05) is 48.4 Å². The predicted molar refractivity (Wildman–Crippen MR) is 111 cm³/mol. The minimum Gasteiger partial charge on any atom is -0.361 e. The third-order valence-electron chi connectivity index (χ3n) is 5.56. The Labute approximate surface area is 168 Å². The molecular formula is C22H24N4O3. The molecule has 7 nitrogen and oxygen atoms in total. The molecule has 3 aromatic rings. The van der Waals surface area contributed by atoms with E-state index in [2.05, 4.69) is 16.2 Å². The van der Waals surface area contributed by atoms with E-state index < -0.39 is 0 Å². The number of fused-ring (bicyclic) bond motifs is 1. The van der Waals surface area contributed by atoms with Crippen molar-refractivity contribution in [2.24, 2.45) is 0 Å². The maximum Gasteiger partial charge on any atom is 0.280 e. The van der Waals surface area contributed by atoms with Crippen molar-refractivity contribution in [3.63, 3.8) is 0 Å². The third kappa shape index (κ3) is 3.60. The summed E-state index contributed by atoms with van der Waals surface area (Å²) in [6.45, 7) is 6.82. The van der Waals surface area contributed by atoms with Crippen molar-refractivity contribution in [1.29, 1.82) is 0 Å². The Hall–Kier alpha value is -3.22. The van der Waals surface area contributed by atoms with E-state index >= 15 is 0 Å². The fraction of sp³-hybridized carbons (Fsp3) is 0.364. The molecule has 0 saturated heterocycles. The fourth-order valence-corrected chi connectivity index (χ4v) is 3.98. The van der Waals surface area contributed by atoms with Crippen molar-refractivity contribution in [3.8, 4) is 0 Å². The molecule has 7 heteroatoms. The van der Waals surface area contributed by atoms with Crippen LogP contribution in [0.2, 0.25) is 0 Å². The van der Waals surface area contributed by atoms with Crippen LogP contribution < -0.4 is 5.56 Å². The molecule has 0 saturated carbocycles. The number of carbonyl (C=O) groups excluding carboxylic acids is 1. The summed E-state index contributed by atoms with van der Waals surface area (Å²) in [7, 11) is 0. The van der Waals surface area contributed by atoms with Gasteiger partial charge in [0.15, 0.2) is 0 Å². The maximum atomic E-state index is 12.7. The van der Waals surface area contributed by atoms with Crippen LogP contribution in [0.4, 0.5) is 0 Å². The molecule has 0 bridgehead atoms. The fourth-order valence-electron chi connectivity index (χ4n) is 3.98. The standard InChI is InChI=1S/C22H24N4O3/c1-14-18(15(2)29-24-14)8-9-21(27)25-12-10-17(11-13-25)26-16(3)23-22(28)19-6-4-5-7-20(19)26/h4-7,10H,8-9,11-13H2,1-3H3. The number of para-hydroxylation sites is 1. The van der Waals surface area contributed by atoms with Crippen LogP contribution in [0.15, 0.2) is 39.7 Å². The molecule has 0 aliphatic carbocycles. The van der Waals surface area contributed by atoms with Gasteiger partial charge in [0.2, 0.25) is 5.91 Å². The monoisotopic (exact) mass is 392 g/mol. The van der Waals surface area contributed by atoms with E-state index in [0.29, 0.717) is 43.6 Å². The van der Waals surface area contributed by atoms with Gasteiger partial charge in [-0.2, -0.15) is 4.98 Å². The molecule has 1 aliphatic rings. The normalized spacial score (nSPS) is 14.3. The summed E-state index contributed by atoms with van der Waals surface area (Å²) in [5, 5.41) is 4.56. The first kappa shape index (κ1) is 19.1. The largest absolute Gasteiger partial charge is 0.361 e. The van der Waals surface area contributed by atoms with Gasteiger partial charge in [0.25, 0.3) is 5.56 Å². The Kier molecular flexibility index (Phi) is 5.05. The van der Waals surface area contributed by atoms with Crippen molar-refractivity contribution >= 4 is 22.5 Å². The van der Waals surface area contributed by atoms with Crippen LogP contribution in [0.5, 0.6) is 0 Å². The van der Waals surface area contributed by atoms with E-state index in [-0.39, 0.29) is 11.5 Å². The number of nitrogens with zero attached hydrogens (tertiary/aromatic N) is 4. The second kappa shape index (κ2) is 7.66. The van der Waals surface area contributed by atoms with Gasteiger partial charge in [0.1, 0.15) is 11.6 Å². The lowest BCUT2D eigenvalue weighted by Gasteiger charge is -2.28. The zero-order chi connectivity index (χ0) is 20.5. The van der Waals surface area contributed by atoms with E-state index in [9.17, 15) is 9.59 Å². The first-order valence-electron chi connectivity index (χ1n) is 9.83.